The second-order valence-corrected chi connectivity index (χ2v) is 7.43. The molecule has 0 spiro atoms. The van der Waals surface area contributed by atoms with Crippen LogP contribution < -0.4 is 5.32 Å². The summed E-state index contributed by atoms with van der Waals surface area (Å²) in [6.07, 6.45) is 3.31. The Morgan fingerprint density at radius 3 is 2.21 bits per heavy atom. The molecule has 1 saturated heterocycles. The molecule has 4 rings (SSSR count). The van der Waals surface area contributed by atoms with Gasteiger partial charge in [0.25, 0.3) is 5.91 Å². The van der Waals surface area contributed by atoms with Crippen LogP contribution in [0.2, 0.25) is 0 Å². The van der Waals surface area contributed by atoms with Crippen LogP contribution in [0.15, 0.2) is 79.0 Å². The van der Waals surface area contributed by atoms with E-state index in [2.05, 4.69) is 17.4 Å². The molecule has 29 heavy (non-hydrogen) atoms. The van der Waals surface area contributed by atoms with Crippen LogP contribution in [-0.4, -0.2) is 34.4 Å². The van der Waals surface area contributed by atoms with E-state index < -0.39 is 0 Å². The number of anilines is 1. The van der Waals surface area contributed by atoms with Crippen LogP contribution in [0, 0.1) is 5.92 Å². The SMILES string of the molecule is O=C(Nc1ccccc1)C1CCN(C(=O)c2cccn2Cc2ccccc2)CC1. The second kappa shape index (κ2) is 8.78. The molecule has 2 heterocycles. The summed E-state index contributed by atoms with van der Waals surface area (Å²) in [7, 11) is 0. The molecule has 0 saturated carbocycles. The Morgan fingerprint density at radius 2 is 1.52 bits per heavy atom. The minimum absolute atomic E-state index is 0.0350. The van der Waals surface area contributed by atoms with Gasteiger partial charge in [0.2, 0.25) is 5.91 Å². The average Bonchev–Trinajstić information content (AvgIpc) is 3.23. The molecule has 2 aromatic carbocycles. The first kappa shape index (κ1) is 19.0. The monoisotopic (exact) mass is 387 g/mol. The normalized spacial score (nSPS) is 14.6. The van der Waals surface area contributed by atoms with Gasteiger partial charge in [-0.25, -0.2) is 0 Å². The van der Waals surface area contributed by atoms with E-state index in [1.165, 1.54) is 0 Å². The van der Waals surface area contributed by atoms with Crippen molar-refractivity contribution in [2.45, 2.75) is 19.4 Å². The molecule has 0 atom stereocenters. The molecular formula is C24H25N3O2. The Labute approximate surface area is 171 Å². The lowest BCUT2D eigenvalue weighted by Gasteiger charge is -2.31. The van der Waals surface area contributed by atoms with Gasteiger partial charge in [-0.05, 0) is 42.7 Å². The lowest BCUT2D eigenvalue weighted by atomic mass is 9.95. The first-order valence-electron chi connectivity index (χ1n) is 10.0. The van der Waals surface area contributed by atoms with Crippen molar-refractivity contribution in [3.05, 3.63) is 90.3 Å². The third-order valence-electron chi connectivity index (χ3n) is 5.44. The highest BCUT2D eigenvalue weighted by molar-refractivity contribution is 5.94. The molecule has 1 aliphatic heterocycles. The number of benzene rings is 2. The standard InChI is InChI=1S/C24H25N3O2/c28-23(25-21-10-5-2-6-11-21)20-13-16-26(17-14-20)24(29)22-12-7-15-27(22)18-19-8-3-1-4-9-19/h1-12,15,20H,13-14,16-18H2,(H,25,28). The number of hydrogen-bond acceptors (Lipinski definition) is 2. The van der Waals surface area contributed by atoms with E-state index in [4.69, 9.17) is 0 Å². The topological polar surface area (TPSA) is 54.3 Å². The zero-order valence-corrected chi connectivity index (χ0v) is 16.3. The Balaban J connectivity index is 1.35. The number of para-hydroxylation sites is 1. The van der Waals surface area contributed by atoms with Crippen molar-refractivity contribution in [2.24, 2.45) is 5.92 Å². The summed E-state index contributed by atoms with van der Waals surface area (Å²) in [4.78, 5) is 27.4. The van der Waals surface area contributed by atoms with Gasteiger partial charge in [-0.3, -0.25) is 9.59 Å². The van der Waals surface area contributed by atoms with Crippen molar-refractivity contribution >= 4 is 17.5 Å². The van der Waals surface area contributed by atoms with Gasteiger partial charge in [0, 0.05) is 37.4 Å². The fourth-order valence-electron chi connectivity index (χ4n) is 3.80. The number of likely N-dealkylation sites (tertiary alicyclic amines) is 1. The molecule has 148 valence electrons. The minimum Gasteiger partial charge on any atom is -0.339 e. The largest absolute Gasteiger partial charge is 0.339 e. The van der Waals surface area contributed by atoms with Crippen molar-refractivity contribution in [2.75, 3.05) is 18.4 Å². The molecule has 1 aliphatic rings. The number of aromatic nitrogens is 1. The maximum atomic E-state index is 13.0. The first-order chi connectivity index (χ1) is 14.2. The quantitative estimate of drug-likeness (QED) is 0.719. The van der Waals surface area contributed by atoms with Crippen molar-refractivity contribution in [1.82, 2.24) is 9.47 Å². The van der Waals surface area contributed by atoms with Gasteiger partial charge in [0.15, 0.2) is 0 Å². The lowest BCUT2D eigenvalue weighted by molar-refractivity contribution is -0.121. The Kier molecular flexibility index (Phi) is 5.75. The Bertz CT molecular complexity index is 958. The maximum absolute atomic E-state index is 13.0. The van der Waals surface area contributed by atoms with Crippen molar-refractivity contribution in [3.8, 4) is 0 Å². The van der Waals surface area contributed by atoms with Crippen molar-refractivity contribution in [3.63, 3.8) is 0 Å². The molecule has 1 N–H and O–H groups in total. The summed E-state index contributed by atoms with van der Waals surface area (Å²) in [5.74, 6) is 0.0129. The molecule has 1 aromatic heterocycles. The summed E-state index contributed by atoms with van der Waals surface area (Å²) in [5.41, 5.74) is 2.67. The first-order valence-corrected chi connectivity index (χ1v) is 10.0. The fraction of sp³-hybridized carbons (Fsp3) is 0.250. The molecule has 0 radical (unpaired) electrons. The number of hydrogen-bond donors (Lipinski definition) is 1. The van der Waals surface area contributed by atoms with Crippen LogP contribution in [0.4, 0.5) is 5.69 Å². The summed E-state index contributed by atoms with van der Waals surface area (Å²) in [5, 5.41) is 2.97. The zero-order chi connectivity index (χ0) is 20.1. The van der Waals surface area contributed by atoms with Crippen LogP contribution in [0.5, 0.6) is 0 Å². The fourth-order valence-corrected chi connectivity index (χ4v) is 3.80. The maximum Gasteiger partial charge on any atom is 0.270 e. The van der Waals surface area contributed by atoms with Gasteiger partial charge < -0.3 is 14.8 Å². The van der Waals surface area contributed by atoms with Gasteiger partial charge in [-0.15, -0.1) is 0 Å². The van der Waals surface area contributed by atoms with E-state index in [-0.39, 0.29) is 17.7 Å². The van der Waals surface area contributed by atoms with Gasteiger partial charge >= 0.3 is 0 Å². The predicted molar refractivity (Wildman–Crippen MR) is 114 cm³/mol. The summed E-state index contributed by atoms with van der Waals surface area (Å²) < 4.78 is 1.99. The van der Waals surface area contributed by atoms with Crippen LogP contribution in [-0.2, 0) is 11.3 Å². The van der Waals surface area contributed by atoms with Gasteiger partial charge in [-0.1, -0.05) is 48.5 Å². The van der Waals surface area contributed by atoms with Crippen LogP contribution in [0.1, 0.15) is 28.9 Å². The number of carbonyl (C=O) groups excluding carboxylic acids is 2. The molecule has 5 nitrogen and oxygen atoms in total. The Morgan fingerprint density at radius 1 is 0.862 bits per heavy atom. The number of nitrogens with one attached hydrogen (secondary N) is 1. The summed E-state index contributed by atoms with van der Waals surface area (Å²) >= 11 is 0. The van der Waals surface area contributed by atoms with Crippen LogP contribution in [0.3, 0.4) is 0 Å². The molecule has 3 aromatic rings. The van der Waals surface area contributed by atoms with Gasteiger partial charge in [0.05, 0.1) is 0 Å². The third kappa shape index (κ3) is 4.57. The van der Waals surface area contributed by atoms with E-state index in [1.54, 1.807) is 0 Å². The average molecular weight is 387 g/mol. The van der Waals surface area contributed by atoms with E-state index in [9.17, 15) is 9.59 Å². The molecule has 1 fully saturated rings. The van der Waals surface area contributed by atoms with E-state index in [0.717, 1.165) is 11.3 Å². The van der Waals surface area contributed by atoms with Crippen LogP contribution >= 0.6 is 0 Å². The summed E-state index contributed by atoms with van der Waals surface area (Å²) in [6, 6.07) is 23.4. The van der Waals surface area contributed by atoms with E-state index in [1.807, 2.05) is 76.3 Å². The molecular weight excluding hydrogens is 362 g/mol. The lowest BCUT2D eigenvalue weighted by Crippen LogP contribution is -2.42. The van der Waals surface area contributed by atoms with E-state index >= 15 is 0 Å². The number of carbonyl (C=O) groups is 2. The summed E-state index contributed by atoms with van der Waals surface area (Å²) in [6.45, 7) is 1.87. The van der Waals surface area contributed by atoms with Gasteiger partial charge in [0.1, 0.15) is 5.69 Å². The van der Waals surface area contributed by atoms with Gasteiger partial charge in [-0.2, -0.15) is 0 Å². The molecule has 0 aliphatic carbocycles. The predicted octanol–water partition coefficient (Wildman–Crippen LogP) is 4.03. The van der Waals surface area contributed by atoms with Crippen molar-refractivity contribution in [1.29, 1.82) is 0 Å². The highest BCUT2D eigenvalue weighted by Crippen LogP contribution is 2.21. The second-order valence-electron chi connectivity index (χ2n) is 7.43. The number of rotatable bonds is 5. The molecule has 0 bridgehead atoms. The highest BCUT2D eigenvalue weighted by atomic mass is 16.2. The molecule has 0 unspecified atom stereocenters. The molecule has 5 heteroatoms. The zero-order valence-electron chi connectivity index (χ0n) is 16.3. The molecule has 2 amide bonds. The van der Waals surface area contributed by atoms with Crippen molar-refractivity contribution < 1.29 is 9.59 Å². The minimum atomic E-state index is -0.0599. The number of piperidine rings is 1. The smallest absolute Gasteiger partial charge is 0.270 e. The third-order valence-corrected chi connectivity index (χ3v) is 5.44. The van der Waals surface area contributed by atoms with Crippen LogP contribution in [0.25, 0.3) is 0 Å². The van der Waals surface area contributed by atoms with E-state index in [0.29, 0.717) is 38.2 Å². The highest BCUT2D eigenvalue weighted by Gasteiger charge is 2.28. The number of nitrogens with zero attached hydrogens (tertiary/aromatic N) is 2. The number of amides is 2. The Hall–Kier alpha value is -3.34.